The molecule has 2 amide bonds. The minimum Gasteiger partial charge on any atom is -0.479 e. The number of benzene rings is 1. The number of amides is 2. The molecule has 0 saturated carbocycles. The second-order valence-electron chi connectivity index (χ2n) is 5.83. The smallest absolute Gasteiger partial charge is 0.321 e. The first-order chi connectivity index (χ1) is 11.2. The minimum atomic E-state index is -0.0533. The molecule has 3 rings (SSSR count). The molecule has 23 heavy (non-hydrogen) atoms. The normalized spacial score (nSPS) is 15.5. The number of likely N-dealkylation sites (tertiary alicyclic amines) is 1. The Kier molecular flexibility index (Phi) is 4.50. The summed E-state index contributed by atoms with van der Waals surface area (Å²) in [5, 5.41) is 6.77. The van der Waals surface area contributed by atoms with Gasteiger partial charge < -0.3 is 19.5 Å². The van der Waals surface area contributed by atoms with Gasteiger partial charge in [-0.05, 0) is 37.1 Å². The molecule has 1 saturated heterocycles. The number of urea groups is 1. The summed E-state index contributed by atoms with van der Waals surface area (Å²) in [6.07, 6.45) is 1.72. The molecular weight excluding hydrogens is 294 g/mol. The molecule has 1 aromatic carbocycles. The van der Waals surface area contributed by atoms with Crippen LogP contribution < -0.4 is 10.1 Å². The van der Waals surface area contributed by atoms with Crippen LogP contribution in [0.4, 0.5) is 10.5 Å². The fourth-order valence-corrected chi connectivity index (χ4v) is 2.77. The number of carbonyl (C=O) groups is 1. The number of aryl methyl sites for hydroxylation is 1. The summed E-state index contributed by atoms with van der Waals surface area (Å²) in [5.41, 5.74) is 1.99. The van der Waals surface area contributed by atoms with E-state index in [4.69, 9.17) is 9.26 Å². The van der Waals surface area contributed by atoms with Crippen LogP contribution in [0.15, 0.2) is 34.9 Å². The number of rotatable bonds is 3. The van der Waals surface area contributed by atoms with Crippen LogP contribution in [0.25, 0.3) is 0 Å². The van der Waals surface area contributed by atoms with Crippen molar-refractivity contribution in [3.05, 3.63) is 41.7 Å². The van der Waals surface area contributed by atoms with Crippen molar-refractivity contribution in [1.82, 2.24) is 10.1 Å². The molecule has 1 aromatic heterocycles. The van der Waals surface area contributed by atoms with Crippen molar-refractivity contribution in [1.29, 1.82) is 0 Å². The maximum absolute atomic E-state index is 12.3. The van der Waals surface area contributed by atoms with Gasteiger partial charge in [-0.2, -0.15) is 0 Å². The highest BCUT2D eigenvalue weighted by atomic mass is 16.5. The molecule has 122 valence electrons. The average Bonchev–Trinajstić information content (AvgIpc) is 3.06. The molecule has 1 aliphatic heterocycles. The molecule has 0 spiro atoms. The number of nitrogens with one attached hydrogen (secondary N) is 1. The molecule has 2 heterocycles. The third-order valence-electron chi connectivity index (χ3n) is 4.20. The molecular formula is C17H21N3O3. The standard InChI is InChI=1S/C17H21N3O3/c1-12-3-5-14(6-4-12)18-17(21)20-9-7-13(8-10-20)15-11-16(22-2)19-23-15/h3-6,11,13H,7-10H2,1-2H3,(H,18,21). The molecule has 2 aromatic rings. The zero-order valence-electron chi connectivity index (χ0n) is 13.4. The number of nitrogens with zero attached hydrogens (tertiary/aromatic N) is 2. The maximum Gasteiger partial charge on any atom is 0.321 e. The highest BCUT2D eigenvalue weighted by Crippen LogP contribution is 2.30. The minimum absolute atomic E-state index is 0.0533. The van der Waals surface area contributed by atoms with Crippen molar-refractivity contribution in [3.8, 4) is 5.88 Å². The van der Waals surface area contributed by atoms with E-state index in [-0.39, 0.29) is 11.9 Å². The largest absolute Gasteiger partial charge is 0.479 e. The Morgan fingerprint density at radius 2 is 2.00 bits per heavy atom. The van der Waals surface area contributed by atoms with Gasteiger partial charge in [0.05, 0.1) is 7.11 Å². The fourth-order valence-electron chi connectivity index (χ4n) is 2.77. The summed E-state index contributed by atoms with van der Waals surface area (Å²) in [6.45, 7) is 3.42. The van der Waals surface area contributed by atoms with Crippen molar-refractivity contribution < 1.29 is 14.1 Å². The van der Waals surface area contributed by atoms with Crippen molar-refractivity contribution in [2.75, 3.05) is 25.5 Å². The van der Waals surface area contributed by atoms with E-state index in [0.29, 0.717) is 19.0 Å². The van der Waals surface area contributed by atoms with E-state index in [1.165, 1.54) is 5.56 Å². The average molecular weight is 315 g/mol. The van der Waals surface area contributed by atoms with Crippen LogP contribution >= 0.6 is 0 Å². The highest BCUT2D eigenvalue weighted by Gasteiger charge is 2.26. The molecule has 6 heteroatoms. The van der Waals surface area contributed by atoms with Crippen LogP contribution in [0.2, 0.25) is 0 Å². The van der Waals surface area contributed by atoms with Crippen LogP contribution in [0.5, 0.6) is 5.88 Å². The third-order valence-corrected chi connectivity index (χ3v) is 4.20. The van der Waals surface area contributed by atoms with Gasteiger partial charge in [-0.3, -0.25) is 0 Å². The lowest BCUT2D eigenvalue weighted by molar-refractivity contribution is 0.188. The number of methoxy groups -OCH3 is 1. The van der Waals surface area contributed by atoms with Gasteiger partial charge in [0.2, 0.25) is 0 Å². The van der Waals surface area contributed by atoms with Crippen LogP contribution in [0.3, 0.4) is 0 Å². The predicted octanol–water partition coefficient (Wildman–Crippen LogP) is 3.40. The van der Waals surface area contributed by atoms with Crippen LogP contribution in [-0.4, -0.2) is 36.3 Å². The van der Waals surface area contributed by atoms with Gasteiger partial charge in [-0.15, -0.1) is 0 Å². The van der Waals surface area contributed by atoms with E-state index in [0.717, 1.165) is 24.3 Å². The lowest BCUT2D eigenvalue weighted by Gasteiger charge is -2.30. The number of aromatic nitrogens is 1. The number of carbonyl (C=O) groups excluding carboxylic acids is 1. The Labute approximate surface area is 135 Å². The molecule has 0 unspecified atom stereocenters. The Balaban J connectivity index is 1.53. The van der Waals surface area contributed by atoms with Crippen molar-refractivity contribution in [3.63, 3.8) is 0 Å². The number of ether oxygens (including phenoxy) is 1. The lowest BCUT2D eigenvalue weighted by Crippen LogP contribution is -2.40. The van der Waals surface area contributed by atoms with E-state index in [1.54, 1.807) is 7.11 Å². The van der Waals surface area contributed by atoms with E-state index >= 15 is 0 Å². The van der Waals surface area contributed by atoms with Crippen LogP contribution in [-0.2, 0) is 0 Å². The molecule has 1 aliphatic rings. The molecule has 1 fully saturated rings. The Bertz CT molecular complexity index is 658. The fraction of sp³-hybridized carbons (Fsp3) is 0.412. The molecule has 0 atom stereocenters. The monoisotopic (exact) mass is 315 g/mol. The van der Waals surface area contributed by atoms with Crippen molar-refractivity contribution in [2.45, 2.75) is 25.7 Å². The van der Waals surface area contributed by atoms with Gasteiger partial charge in [0.1, 0.15) is 5.76 Å². The summed E-state index contributed by atoms with van der Waals surface area (Å²) < 4.78 is 10.3. The van der Waals surface area contributed by atoms with E-state index < -0.39 is 0 Å². The summed E-state index contributed by atoms with van der Waals surface area (Å²) in [7, 11) is 1.57. The Hall–Kier alpha value is -2.50. The first kappa shape index (κ1) is 15.4. The van der Waals surface area contributed by atoms with E-state index in [9.17, 15) is 4.79 Å². The second-order valence-corrected chi connectivity index (χ2v) is 5.83. The quantitative estimate of drug-likeness (QED) is 0.942. The predicted molar refractivity (Wildman–Crippen MR) is 86.8 cm³/mol. The number of hydrogen-bond acceptors (Lipinski definition) is 4. The Morgan fingerprint density at radius 3 is 2.61 bits per heavy atom. The third kappa shape index (κ3) is 3.64. The second kappa shape index (κ2) is 6.73. The van der Waals surface area contributed by atoms with Gasteiger partial charge in [0.25, 0.3) is 5.88 Å². The summed E-state index contributed by atoms with van der Waals surface area (Å²) >= 11 is 0. The topological polar surface area (TPSA) is 67.6 Å². The van der Waals surface area contributed by atoms with Crippen LogP contribution in [0, 0.1) is 6.92 Å². The highest BCUT2D eigenvalue weighted by molar-refractivity contribution is 5.89. The van der Waals surface area contributed by atoms with Gasteiger partial charge >= 0.3 is 6.03 Å². The van der Waals surface area contributed by atoms with Crippen molar-refractivity contribution in [2.24, 2.45) is 0 Å². The van der Waals surface area contributed by atoms with Gasteiger partial charge in [-0.25, -0.2) is 4.79 Å². The number of piperidine rings is 1. The van der Waals surface area contributed by atoms with Crippen LogP contribution in [0.1, 0.15) is 30.1 Å². The van der Waals surface area contributed by atoms with Crippen molar-refractivity contribution >= 4 is 11.7 Å². The zero-order valence-corrected chi connectivity index (χ0v) is 13.4. The first-order valence-corrected chi connectivity index (χ1v) is 7.79. The maximum atomic E-state index is 12.3. The molecule has 0 aliphatic carbocycles. The summed E-state index contributed by atoms with van der Waals surface area (Å²) in [4.78, 5) is 14.1. The number of hydrogen-bond donors (Lipinski definition) is 1. The lowest BCUT2D eigenvalue weighted by atomic mass is 9.94. The van der Waals surface area contributed by atoms with E-state index in [1.807, 2.05) is 42.2 Å². The SMILES string of the molecule is COc1cc(C2CCN(C(=O)Nc3ccc(C)cc3)CC2)on1. The molecule has 6 nitrogen and oxygen atoms in total. The number of anilines is 1. The van der Waals surface area contributed by atoms with Gasteiger partial charge in [0, 0.05) is 30.8 Å². The first-order valence-electron chi connectivity index (χ1n) is 7.79. The van der Waals surface area contributed by atoms with Gasteiger partial charge in [0.15, 0.2) is 0 Å². The van der Waals surface area contributed by atoms with Gasteiger partial charge in [-0.1, -0.05) is 17.7 Å². The zero-order chi connectivity index (χ0) is 16.2. The van der Waals surface area contributed by atoms with E-state index in [2.05, 4.69) is 10.5 Å². The summed E-state index contributed by atoms with van der Waals surface area (Å²) in [6, 6.07) is 9.58. The molecule has 0 bridgehead atoms. The summed E-state index contributed by atoms with van der Waals surface area (Å²) in [5.74, 6) is 1.62. The Morgan fingerprint density at radius 1 is 1.30 bits per heavy atom. The molecule has 0 radical (unpaired) electrons. The molecule has 1 N–H and O–H groups in total.